The molecule has 0 saturated carbocycles. The van der Waals surface area contributed by atoms with Crippen molar-refractivity contribution in [3.05, 3.63) is 255 Å². The second-order valence-electron chi connectivity index (χ2n) is 17.3. The Bertz CT molecular complexity index is 3760. The molecule has 0 fully saturated rings. The lowest BCUT2D eigenvalue weighted by molar-refractivity contribution is 1.18. The zero-order valence-corrected chi connectivity index (χ0v) is 36.1. The van der Waals surface area contributed by atoms with E-state index in [2.05, 4.69) is 264 Å². The van der Waals surface area contributed by atoms with Crippen LogP contribution in [0.3, 0.4) is 0 Å². The Hall–Kier alpha value is -8.72. The van der Waals surface area contributed by atoms with E-state index in [0.717, 1.165) is 28.3 Å². The monoisotopic (exact) mass is 838 g/mol. The quantitative estimate of drug-likeness (QED) is 0.138. The van der Waals surface area contributed by atoms with Crippen LogP contribution in [0.25, 0.3) is 104 Å². The van der Waals surface area contributed by atoms with Gasteiger partial charge in [-0.3, -0.25) is 0 Å². The van der Waals surface area contributed by atoms with Crippen molar-refractivity contribution in [2.45, 2.75) is 0 Å². The topological polar surface area (TPSA) is 8.17 Å². The predicted molar refractivity (Wildman–Crippen MR) is 281 cm³/mol. The third kappa shape index (κ3) is 6.34. The molecule has 1 heterocycles. The first-order chi connectivity index (χ1) is 32.7. The average Bonchev–Trinajstić information content (AvgIpc) is 3.72. The number of rotatable bonds is 8. The fourth-order valence-electron chi connectivity index (χ4n) is 10.3. The lowest BCUT2D eigenvalue weighted by atomic mass is 9.92. The maximum absolute atomic E-state index is 2.48. The zero-order valence-electron chi connectivity index (χ0n) is 36.1. The lowest BCUT2D eigenvalue weighted by Gasteiger charge is -2.26. The molecular formula is C64H42N2. The Morgan fingerprint density at radius 2 is 0.652 bits per heavy atom. The molecule has 308 valence electrons. The Balaban J connectivity index is 0.945. The first kappa shape index (κ1) is 37.8. The van der Waals surface area contributed by atoms with Crippen molar-refractivity contribution in [1.29, 1.82) is 0 Å². The summed E-state index contributed by atoms with van der Waals surface area (Å²) in [5.74, 6) is 0. The smallest absolute Gasteiger partial charge is 0.0553 e. The van der Waals surface area contributed by atoms with Crippen molar-refractivity contribution < 1.29 is 0 Å². The predicted octanol–water partition coefficient (Wildman–Crippen LogP) is 17.8. The molecule has 2 heteroatoms. The molecule has 13 aromatic rings. The minimum Gasteiger partial charge on any atom is -0.311 e. The molecule has 0 unspecified atom stereocenters. The average molecular weight is 839 g/mol. The van der Waals surface area contributed by atoms with Crippen molar-refractivity contribution >= 4 is 71.2 Å². The number of anilines is 3. The van der Waals surface area contributed by atoms with Crippen molar-refractivity contribution in [2.24, 2.45) is 0 Å². The summed E-state index contributed by atoms with van der Waals surface area (Å²) in [6.07, 6.45) is 0. The van der Waals surface area contributed by atoms with Crippen LogP contribution in [0.15, 0.2) is 255 Å². The van der Waals surface area contributed by atoms with E-state index in [1.807, 2.05) is 0 Å². The molecule has 0 aliphatic heterocycles. The van der Waals surface area contributed by atoms with Crippen molar-refractivity contribution in [3.8, 4) is 50.2 Å². The Labute approximate surface area is 383 Å². The van der Waals surface area contributed by atoms with Gasteiger partial charge in [0.1, 0.15) is 0 Å². The van der Waals surface area contributed by atoms with Gasteiger partial charge in [-0.15, -0.1) is 0 Å². The highest BCUT2D eigenvalue weighted by Crippen LogP contribution is 2.45. The minimum atomic E-state index is 1.09. The second kappa shape index (κ2) is 15.5. The van der Waals surface area contributed by atoms with Crippen LogP contribution in [0.4, 0.5) is 17.1 Å². The normalized spacial score (nSPS) is 11.6. The van der Waals surface area contributed by atoms with Gasteiger partial charge < -0.3 is 9.47 Å². The van der Waals surface area contributed by atoms with Crippen LogP contribution >= 0.6 is 0 Å². The molecule has 0 saturated heterocycles. The van der Waals surface area contributed by atoms with Gasteiger partial charge in [0.15, 0.2) is 0 Å². The molecule has 0 atom stereocenters. The molecule has 12 aromatic carbocycles. The molecule has 0 amide bonds. The van der Waals surface area contributed by atoms with Crippen molar-refractivity contribution in [3.63, 3.8) is 0 Å². The Morgan fingerprint density at radius 3 is 1.17 bits per heavy atom. The van der Waals surface area contributed by atoms with E-state index in [1.165, 1.54) is 93.1 Å². The first-order valence-electron chi connectivity index (χ1n) is 22.7. The molecule has 1 aromatic heterocycles. The van der Waals surface area contributed by atoms with Crippen LogP contribution in [0.5, 0.6) is 0 Å². The summed E-state index contributed by atoms with van der Waals surface area (Å²) >= 11 is 0. The Kier molecular flexibility index (Phi) is 8.89. The van der Waals surface area contributed by atoms with E-state index in [9.17, 15) is 0 Å². The molecule has 0 spiro atoms. The summed E-state index contributed by atoms with van der Waals surface area (Å²) in [6, 6.07) is 93.1. The van der Waals surface area contributed by atoms with Gasteiger partial charge in [-0.2, -0.15) is 0 Å². The van der Waals surface area contributed by atoms with E-state index in [1.54, 1.807) is 0 Å². The van der Waals surface area contributed by atoms with Crippen LogP contribution in [-0.4, -0.2) is 4.57 Å². The molecular weight excluding hydrogens is 797 g/mol. The van der Waals surface area contributed by atoms with Gasteiger partial charge >= 0.3 is 0 Å². The fourth-order valence-corrected chi connectivity index (χ4v) is 10.3. The molecule has 0 aliphatic carbocycles. The number of aromatic nitrogens is 1. The van der Waals surface area contributed by atoms with Gasteiger partial charge in [0.05, 0.1) is 11.0 Å². The highest BCUT2D eigenvalue weighted by atomic mass is 15.1. The van der Waals surface area contributed by atoms with Gasteiger partial charge in [-0.25, -0.2) is 0 Å². The van der Waals surface area contributed by atoms with Gasteiger partial charge in [0, 0.05) is 33.5 Å². The highest BCUT2D eigenvalue weighted by molar-refractivity contribution is 6.33. The number of fused-ring (bicyclic) bond motifs is 4. The summed E-state index contributed by atoms with van der Waals surface area (Å²) in [6.45, 7) is 0. The summed E-state index contributed by atoms with van der Waals surface area (Å²) in [5, 5.41) is 10.3. The summed E-state index contributed by atoms with van der Waals surface area (Å²) in [7, 11) is 0. The van der Waals surface area contributed by atoms with Gasteiger partial charge in [0.25, 0.3) is 0 Å². The summed E-state index contributed by atoms with van der Waals surface area (Å²) in [4.78, 5) is 2.35. The van der Waals surface area contributed by atoms with E-state index in [0.29, 0.717) is 0 Å². The van der Waals surface area contributed by atoms with Crippen molar-refractivity contribution in [2.75, 3.05) is 4.90 Å². The van der Waals surface area contributed by atoms with E-state index >= 15 is 0 Å². The van der Waals surface area contributed by atoms with Crippen LogP contribution in [-0.2, 0) is 0 Å². The van der Waals surface area contributed by atoms with E-state index in [-0.39, 0.29) is 0 Å². The fraction of sp³-hybridized carbons (Fsp3) is 0. The highest BCUT2D eigenvalue weighted by Gasteiger charge is 2.20. The largest absolute Gasteiger partial charge is 0.311 e. The number of benzene rings is 12. The number of nitrogens with zero attached hydrogens (tertiary/aromatic N) is 2. The number of hydrogen-bond acceptors (Lipinski definition) is 1. The van der Waals surface area contributed by atoms with Crippen LogP contribution in [0.2, 0.25) is 0 Å². The number of hydrogen-bond donors (Lipinski definition) is 0. The van der Waals surface area contributed by atoms with Crippen LogP contribution in [0, 0.1) is 0 Å². The molecule has 0 N–H and O–H groups in total. The summed E-state index contributed by atoms with van der Waals surface area (Å²) < 4.78 is 2.48. The summed E-state index contributed by atoms with van der Waals surface area (Å²) in [5.41, 5.74) is 16.4. The maximum atomic E-state index is 2.48. The second-order valence-corrected chi connectivity index (χ2v) is 17.3. The molecule has 0 aliphatic rings. The van der Waals surface area contributed by atoms with Gasteiger partial charge in [0.2, 0.25) is 0 Å². The lowest BCUT2D eigenvalue weighted by Crippen LogP contribution is -2.09. The van der Waals surface area contributed by atoms with Gasteiger partial charge in [-0.1, -0.05) is 194 Å². The Morgan fingerprint density at radius 1 is 0.242 bits per heavy atom. The molecule has 0 bridgehead atoms. The third-order valence-electron chi connectivity index (χ3n) is 13.5. The SMILES string of the molecule is c1ccc(-c2ccc(N(c3ccc(-c4ccccc4)cc3)c3ccc(-c4ccc5c6c7ccc8cccc9ccc(cc6n(-c6ccc(-c%10ccccc%10)cc6)c5c4)c7c98)cc3)cc2)cc1. The van der Waals surface area contributed by atoms with Crippen LogP contribution in [0.1, 0.15) is 0 Å². The van der Waals surface area contributed by atoms with E-state index in [4.69, 9.17) is 0 Å². The van der Waals surface area contributed by atoms with Crippen LogP contribution < -0.4 is 4.90 Å². The minimum absolute atomic E-state index is 1.09. The third-order valence-corrected chi connectivity index (χ3v) is 13.5. The standard InChI is InChI=1S/C64H42N2/c1-4-11-43(12-5-1)46-21-31-54(32-22-46)65(55-33-23-47(24-34-55)44-13-6-2-7-14-44)56-35-27-49(28-36-56)52-30-39-58-60(41-52)66(57-37-25-48(26-38-57)45-15-8-3-9-16-45)61-42-53-20-19-50-17-10-18-51-29-40-59(64(58)61)63(53)62(50)51/h1-42H. The zero-order chi connectivity index (χ0) is 43.6. The van der Waals surface area contributed by atoms with Crippen molar-refractivity contribution in [1.82, 2.24) is 4.57 Å². The molecule has 66 heavy (non-hydrogen) atoms. The molecule has 2 nitrogen and oxygen atoms in total. The van der Waals surface area contributed by atoms with Gasteiger partial charge in [-0.05, 0) is 137 Å². The molecule has 0 radical (unpaired) electrons. The molecule has 13 rings (SSSR count). The maximum Gasteiger partial charge on any atom is 0.0553 e. The van der Waals surface area contributed by atoms with E-state index < -0.39 is 0 Å². The first-order valence-corrected chi connectivity index (χ1v) is 22.7.